The Hall–Kier alpha value is -1.42. The van der Waals surface area contributed by atoms with E-state index in [1.807, 2.05) is 6.07 Å². The maximum absolute atomic E-state index is 13.0. The van der Waals surface area contributed by atoms with E-state index in [2.05, 4.69) is 19.2 Å². The van der Waals surface area contributed by atoms with Crippen LogP contribution in [0, 0.1) is 5.82 Å². The Morgan fingerprint density at radius 2 is 2.16 bits per heavy atom. The quantitative estimate of drug-likeness (QED) is 0.769. The van der Waals surface area contributed by atoms with Crippen molar-refractivity contribution in [3.05, 3.63) is 35.6 Å². The normalized spacial score (nSPS) is 10.8. The van der Waals surface area contributed by atoms with Crippen LogP contribution in [0.4, 0.5) is 4.39 Å². The fourth-order valence-electron chi connectivity index (χ4n) is 1.82. The molecule has 3 nitrogen and oxygen atoms in total. The zero-order valence-electron chi connectivity index (χ0n) is 11.9. The van der Waals surface area contributed by atoms with Crippen LogP contribution in [-0.2, 0) is 11.3 Å². The van der Waals surface area contributed by atoms with Gasteiger partial charge in [-0.2, -0.15) is 0 Å². The maximum atomic E-state index is 13.0. The summed E-state index contributed by atoms with van der Waals surface area (Å²) in [6.07, 6.45) is 1.34. The zero-order valence-corrected chi connectivity index (χ0v) is 11.9. The van der Waals surface area contributed by atoms with Gasteiger partial charge in [-0.15, -0.1) is 0 Å². The molecule has 0 radical (unpaired) electrons. The van der Waals surface area contributed by atoms with E-state index in [0.29, 0.717) is 19.0 Å². The van der Waals surface area contributed by atoms with Crippen molar-refractivity contribution in [2.45, 2.75) is 39.3 Å². The largest absolute Gasteiger partial charge is 0.341 e. The van der Waals surface area contributed by atoms with Gasteiger partial charge < -0.3 is 10.2 Å². The molecule has 0 aliphatic carbocycles. The molecule has 0 saturated heterocycles. The van der Waals surface area contributed by atoms with Crippen LogP contribution in [0.3, 0.4) is 0 Å². The van der Waals surface area contributed by atoms with E-state index in [4.69, 9.17) is 0 Å². The Labute approximate surface area is 114 Å². The Morgan fingerprint density at radius 3 is 2.79 bits per heavy atom. The second-order valence-corrected chi connectivity index (χ2v) is 5.09. The van der Waals surface area contributed by atoms with Crippen molar-refractivity contribution in [1.82, 2.24) is 10.2 Å². The molecule has 0 heterocycles. The van der Waals surface area contributed by atoms with Crippen LogP contribution in [0.2, 0.25) is 0 Å². The Kier molecular flexibility index (Phi) is 6.50. The molecule has 0 aliphatic heterocycles. The number of carbonyl (C=O) groups excluding carboxylic acids is 1. The van der Waals surface area contributed by atoms with Crippen molar-refractivity contribution >= 4 is 5.91 Å². The van der Waals surface area contributed by atoms with Gasteiger partial charge in [0.05, 0.1) is 0 Å². The molecule has 0 unspecified atom stereocenters. The van der Waals surface area contributed by atoms with Gasteiger partial charge in [0.1, 0.15) is 5.82 Å². The van der Waals surface area contributed by atoms with Gasteiger partial charge in [0.15, 0.2) is 0 Å². The molecule has 1 rings (SSSR count). The predicted molar refractivity (Wildman–Crippen MR) is 75.2 cm³/mol. The number of rotatable bonds is 7. The summed E-state index contributed by atoms with van der Waals surface area (Å²) in [5, 5.41) is 3.28. The Morgan fingerprint density at radius 1 is 1.42 bits per heavy atom. The van der Waals surface area contributed by atoms with Crippen molar-refractivity contribution in [3.8, 4) is 0 Å². The van der Waals surface area contributed by atoms with Crippen molar-refractivity contribution in [1.29, 1.82) is 0 Å². The highest BCUT2D eigenvalue weighted by Crippen LogP contribution is 2.07. The molecule has 19 heavy (non-hydrogen) atoms. The third-order valence-corrected chi connectivity index (χ3v) is 2.85. The van der Waals surface area contributed by atoms with E-state index in [0.717, 1.165) is 18.5 Å². The topological polar surface area (TPSA) is 32.3 Å². The molecule has 1 aromatic carbocycles. The summed E-state index contributed by atoms with van der Waals surface area (Å²) in [5.74, 6) is -0.172. The lowest BCUT2D eigenvalue weighted by Gasteiger charge is -2.17. The van der Waals surface area contributed by atoms with Crippen molar-refractivity contribution in [3.63, 3.8) is 0 Å². The number of carbonyl (C=O) groups is 1. The van der Waals surface area contributed by atoms with Gasteiger partial charge in [0.2, 0.25) is 5.91 Å². The first-order valence-electron chi connectivity index (χ1n) is 6.71. The highest BCUT2D eigenvalue weighted by Gasteiger charge is 2.09. The molecule has 0 bridgehead atoms. The minimum Gasteiger partial charge on any atom is -0.341 e. The molecule has 1 aromatic rings. The van der Waals surface area contributed by atoms with Gasteiger partial charge in [-0.3, -0.25) is 4.79 Å². The van der Waals surface area contributed by atoms with Gasteiger partial charge in [-0.1, -0.05) is 26.0 Å². The van der Waals surface area contributed by atoms with Gasteiger partial charge in [0.25, 0.3) is 0 Å². The van der Waals surface area contributed by atoms with E-state index < -0.39 is 0 Å². The number of hydrogen-bond donors (Lipinski definition) is 1. The van der Waals surface area contributed by atoms with Gasteiger partial charge >= 0.3 is 0 Å². The number of nitrogens with zero attached hydrogens (tertiary/aromatic N) is 1. The molecule has 0 spiro atoms. The summed E-state index contributed by atoms with van der Waals surface area (Å²) < 4.78 is 13.0. The van der Waals surface area contributed by atoms with E-state index in [1.165, 1.54) is 12.1 Å². The highest BCUT2D eigenvalue weighted by atomic mass is 19.1. The molecule has 0 fully saturated rings. The first-order valence-corrected chi connectivity index (χ1v) is 6.71. The third kappa shape index (κ3) is 6.34. The zero-order chi connectivity index (χ0) is 14.3. The van der Waals surface area contributed by atoms with Crippen LogP contribution in [0.25, 0.3) is 0 Å². The van der Waals surface area contributed by atoms with Crippen LogP contribution in [0.5, 0.6) is 0 Å². The number of nitrogens with one attached hydrogen (secondary N) is 1. The standard InChI is InChI=1S/C15H23FN2O/c1-12(2)17-9-5-8-15(19)18(3)11-13-6-4-7-14(16)10-13/h4,6-7,10,12,17H,5,8-9,11H2,1-3H3. The number of benzene rings is 1. The summed E-state index contributed by atoms with van der Waals surface area (Å²) in [5.41, 5.74) is 0.816. The van der Waals surface area contributed by atoms with Crippen LogP contribution in [0.1, 0.15) is 32.3 Å². The molecule has 0 saturated carbocycles. The first-order chi connectivity index (χ1) is 8.99. The smallest absolute Gasteiger partial charge is 0.222 e. The summed E-state index contributed by atoms with van der Waals surface area (Å²) >= 11 is 0. The van der Waals surface area contributed by atoms with Crippen molar-refractivity contribution < 1.29 is 9.18 Å². The molecule has 0 aliphatic rings. The molecule has 0 aromatic heterocycles. The second-order valence-electron chi connectivity index (χ2n) is 5.09. The van der Waals surface area contributed by atoms with E-state index in [1.54, 1.807) is 18.0 Å². The monoisotopic (exact) mass is 266 g/mol. The summed E-state index contributed by atoms with van der Waals surface area (Å²) in [4.78, 5) is 13.5. The average molecular weight is 266 g/mol. The van der Waals surface area contributed by atoms with E-state index in [-0.39, 0.29) is 11.7 Å². The van der Waals surface area contributed by atoms with Gasteiger partial charge in [0, 0.05) is 26.1 Å². The van der Waals surface area contributed by atoms with Crippen LogP contribution < -0.4 is 5.32 Å². The molecule has 0 atom stereocenters. The number of amides is 1. The van der Waals surface area contributed by atoms with Crippen LogP contribution in [0.15, 0.2) is 24.3 Å². The van der Waals surface area contributed by atoms with Gasteiger partial charge in [-0.25, -0.2) is 4.39 Å². The summed E-state index contributed by atoms with van der Waals surface area (Å²) in [6, 6.07) is 6.80. The van der Waals surface area contributed by atoms with Gasteiger partial charge in [-0.05, 0) is 30.7 Å². The SMILES string of the molecule is CC(C)NCCCC(=O)N(C)Cc1cccc(F)c1. The lowest BCUT2D eigenvalue weighted by Crippen LogP contribution is -2.28. The van der Waals surface area contributed by atoms with Crippen molar-refractivity contribution in [2.24, 2.45) is 0 Å². The minimum atomic E-state index is -0.264. The Bertz CT molecular complexity index is 407. The van der Waals surface area contributed by atoms with Crippen LogP contribution >= 0.6 is 0 Å². The molecule has 4 heteroatoms. The molecular formula is C15H23FN2O. The second kappa shape index (κ2) is 7.89. The highest BCUT2D eigenvalue weighted by molar-refractivity contribution is 5.75. The molecule has 106 valence electrons. The fraction of sp³-hybridized carbons (Fsp3) is 0.533. The molecular weight excluding hydrogens is 243 g/mol. The molecule has 1 amide bonds. The summed E-state index contributed by atoms with van der Waals surface area (Å²) in [6.45, 7) is 5.46. The number of hydrogen-bond acceptors (Lipinski definition) is 2. The van der Waals surface area contributed by atoms with Crippen LogP contribution in [-0.4, -0.2) is 30.4 Å². The van der Waals surface area contributed by atoms with E-state index >= 15 is 0 Å². The summed E-state index contributed by atoms with van der Waals surface area (Å²) in [7, 11) is 1.75. The fourth-order valence-corrected chi connectivity index (χ4v) is 1.82. The maximum Gasteiger partial charge on any atom is 0.222 e. The lowest BCUT2D eigenvalue weighted by atomic mass is 10.2. The van der Waals surface area contributed by atoms with Crippen molar-refractivity contribution in [2.75, 3.05) is 13.6 Å². The average Bonchev–Trinajstić information content (AvgIpc) is 2.34. The third-order valence-electron chi connectivity index (χ3n) is 2.85. The number of halogens is 1. The first kappa shape index (κ1) is 15.6. The Balaban J connectivity index is 2.32. The minimum absolute atomic E-state index is 0.0924. The predicted octanol–water partition coefficient (Wildman–Crippen LogP) is 2.56. The van der Waals surface area contributed by atoms with E-state index in [9.17, 15) is 9.18 Å². The lowest BCUT2D eigenvalue weighted by molar-refractivity contribution is -0.130. The molecule has 1 N–H and O–H groups in total.